The second-order valence-corrected chi connectivity index (χ2v) is 16.6. The minimum atomic E-state index is -1.59. The Bertz CT molecular complexity index is 1000. The number of hydrogen-bond acceptors (Lipinski definition) is 10. The molecule has 0 spiro atoms. The average Bonchev–Trinajstić information content (AvgIpc) is 3.22. The molecular formula is C48H88O10. The van der Waals surface area contributed by atoms with Crippen LogP contribution >= 0.6 is 0 Å². The van der Waals surface area contributed by atoms with Crippen LogP contribution < -0.4 is 0 Å². The molecule has 10 nitrogen and oxygen atoms in total. The lowest BCUT2D eigenvalue weighted by molar-refractivity contribution is -0.305. The average molecular weight is 825 g/mol. The van der Waals surface area contributed by atoms with E-state index in [1.807, 2.05) is 0 Å². The van der Waals surface area contributed by atoms with Crippen LogP contribution in [0.4, 0.5) is 0 Å². The number of rotatable bonds is 40. The molecule has 58 heavy (non-hydrogen) atoms. The molecule has 4 N–H and O–H groups in total. The van der Waals surface area contributed by atoms with E-state index in [-0.39, 0.29) is 32.0 Å². The summed E-state index contributed by atoms with van der Waals surface area (Å²) in [5, 5.41) is 40.1. The Hall–Kier alpha value is -1.82. The zero-order chi connectivity index (χ0) is 42.3. The third-order valence-corrected chi connectivity index (χ3v) is 11.1. The van der Waals surface area contributed by atoms with Gasteiger partial charge in [0, 0.05) is 12.8 Å². The van der Waals surface area contributed by atoms with Gasteiger partial charge in [-0.3, -0.25) is 9.59 Å². The van der Waals surface area contributed by atoms with Crippen molar-refractivity contribution in [2.45, 2.75) is 250 Å². The molecule has 0 aromatic carbocycles. The van der Waals surface area contributed by atoms with Gasteiger partial charge in [0.05, 0.1) is 13.2 Å². The van der Waals surface area contributed by atoms with Gasteiger partial charge in [-0.25, -0.2) is 0 Å². The van der Waals surface area contributed by atoms with Gasteiger partial charge < -0.3 is 39.4 Å². The van der Waals surface area contributed by atoms with Crippen molar-refractivity contribution < 1.29 is 49.0 Å². The predicted molar refractivity (Wildman–Crippen MR) is 233 cm³/mol. The molecule has 1 saturated heterocycles. The standard InChI is InChI=1S/C48H88O10/c1-3-5-7-9-11-13-15-17-18-19-20-21-22-23-24-25-27-29-31-33-35-37-44(51)57-41(40-56-48-47(54)46(53)45(52)42(38-49)58-48)39-55-43(50)36-34-32-30-28-26-16-14-12-10-8-6-4-2/h12,14,17-18,41-42,45-49,52-54H,3-11,13,15-16,19-40H2,1-2H3/b14-12+,18-17+/t41-,42-,45+,46?,47?,48-/m1/s1. The van der Waals surface area contributed by atoms with Crippen LogP contribution in [0.15, 0.2) is 24.3 Å². The molecule has 0 aromatic rings. The summed E-state index contributed by atoms with van der Waals surface area (Å²) in [5.41, 5.74) is 0. The minimum Gasteiger partial charge on any atom is -0.462 e. The quantitative estimate of drug-likeness (QED) is 0.0267. The van der Waals surface area contributed by atoms with Crippen molar-refractivity contribution in [3.05, 3.63) is 24.3 Å². The van der Waals surface area contributed by atoms with E-state index in [2.05, 4.69) is 38.2 Å². The van der Waals surface area contributed by atoms with Crippen LogP contribution in [0.5, 0.6) is 0 Å². The summed E-state index contributed by atoms with van der Waals surface area (Å²) >= 11 is 0. The third-order valence-electron chi connectivity index (χ3n) is 11.1. The summed E-state index contributed by atoms with van der Waals surface area (Å²) in [6.45, 7) is 3.40. The molecule has 1 fully saturated rings. The molecular weight excluding hydrogens is 737 g/mol. The fourth-order valence-electron chi connectivity index (χ4n) is 7.24. The van der Waals surface area contributed by atoms with Crippen molar-refractivity contribution >= 4 is 11.9 Å². The topological polar surface area (TPSA) is 152 Å². The van der Waals surface area contributed by atoms with E-state index >= 15 is 0 Å². The van der Waals surface area contributed by atoms with Crippen LogP contribution in [-0.2, 0) is 28.5 Å². The van der Waals surface area contributed by atoms with Crippen molar-refractivity contribution in [2.75, 3.05) is 19.8 Å². The highest BCUT2D eigenvalue weighted by atomic mass is 16.7. The zero-order valence-electron chi connectivity index (χ0n) is 37.1. The van der Waals surface area contributed by atoms with Gasteiger partial charge in [-0.2, -0.15) is 0 Å². The number of esters is 2. The Morgan fingerprint density at radius 2 is 0.914 bits per heavy atom. The molecule has 10 heteroatoms. The number of allylic oxidation sites excluding steroid dienone is 4. The molecule has 0 amide bonds. The Labute approximate surface area is 353 Å². The second kappa shape index (κ2) is 39.3. The molecule has 1 heterocycles. The van der Waals surface area contributed by atoms with Gasteiger partial charge in [0.2, 0.25) is 0 Å². The highest BCUT2D eigenvalue weighted by Gasteiger charge is 2.44. The number of carbonyl (C=O) groups is 2. The van der Waals surface area contributed by atoms with Crippen molar-refractivity contribution in [3.8, 4) is 0 Å². The Kier molecular flexibility index (Phi) is 36.7. The normalized spacial score (nSPS) is 20.3. The van der Waals surface area contributed by atoms with Crippen LogP contribution in [0.1, 0.15) is 213 Å². The van der Waals surface area contributed by atoms with E-state index in [4.69, 9.17) is 18.9 Å². The van der Waals surface area contributed by atoms with Gasteiger partial charge in [0.15, 0.2) is 12.4 Å². The molecule has 0 radical (unpaired) electrons. The summed E-state index contributed by atoms with van der Waals surface area (Å²) < 4.78 is 22.2. The van der Waals surface area contributed by atoms with Crippen LogP contribution in [-0.4, -0.2) is 89.0 Å². The largest absolute Gasteiger partial charge is 0.462 e. The van der Waals surface area contributed by atoms with E-state index in [0.717, 1.165) is 64.2 Å². The predicted octanol–water partition coefficient (Wildman–Crippen LogP) is 10.5. The van der Waals surface area contributed by atoms with E-state index in [1.165, 1.54) is 116 Å². The highest BCUT2D eigenvalue weighted by molar-refractivity contribution is 5.70. The maximum Gasteiger partial charge on any atom is 0.306 e. The number of carbonyl (C=O) groups excluding carboxylic acids is 2. The van der Waals surface area contributed by atoms with E-state index in [9.17, 15) is 30.0 Å². The summed E-state index contributed by atoms with van der Waals surface area (Å²) in [6.07, 6.45) is 36.2. The van der Waals surface area contributed by atoms with E-state index in [0.29, 0.717) is 6.42 Å². The van der Waals surface area contributed by atoms with Crippen molar-refractivity contribution in [3.63, 3.8) is 0 Å². The van der Waals surface area contributed by atoms with E-state index < -0.39 is 49.4 Å². The molecule has 1 aliphatic rings. The fraction of sp³-hybridized carbons (Fsp3) is 0.875. The summed E-state index contributed by atoms with van der Waals surface area (Å²) in [7, 11) is 0. The molecule has 0 bridgehead atoms. The first kappa shape index (κ1) is 54.2. The number of ether oxygens (including phenoxy) is 4. The van der Waals surface area contributed by atoms with E-state index in [1.54, 1.807) is 0 Å². The molecule has 1 aliphatic heterocycles. The van der Waals surface area contributed by atoms with Gasteiger partial charge >= 0.3 is 11.9 Å². The van der Waals surface area contributed by atoms with Crippen LogP contribution in [0.25, 0.3) is 0 Å². The third kappa shape index (κ3) is 30.2. The Morgan fingerprint density at radius 3 is 1.38 bits per heavy atom. The molecule has 0 saturated carbocycles. The summed E-state index contributed by atoms with van der Waals surface area (Å²) in [4.78, 5) is 25.3. The van der Waals surface area contributed by atoms with Crippen molar-refractivity contribution in [1.29, 1.82) is 0 Å². The lowest BCUT2D eigenvalue weighted by Gasteiger charge is -2.39. The SMILES string of the molecule is CCCCC/C=C/CCCCCCCC(=O)OC[C@H](CO[C@@H]1O[C@H](CO)[C@H](O)C(O)C1O)OC(=O)CCCCCCCCCCCCC/C=C/CCCCCCCC. The molecule has 0 aliphatic carbocycles. The monoisotopic (exact) mass is 825 g/mol. The number of unbranched alkanes of at least 4 members (excludes halogenated alkanes) is 25. The van der Waals surface area contributed by atoms with Gasteiger partial charge in [-0.15, -0.1) is 0 Å². The second-order valence-electron chi connectivity index (χ2n) is 16.6. The molecule has 2 unspecified atom stereocenters. The lowest BCUT2D eigenvalue weighted by Crippen LogP contribution is -2.59. The molecule has 1 rings (SSSR count). The lowest BCUT2D eigenvalue weighted by atomic mass is 9.99. The van der Waals surface area contributed by atoms with Gasteiger partial charge in [0.1, 0.15) is 31.0 Å². The van der Waals surface area contributed by atoms with Gasteiger partial charge in [0.25, 0.3) is 0 Å². The Balaban J connectivity index is 2.27. The molecule has 6 atom stereocenters. The van der Waals surface area contributed by atoms with Crippen LogP contribution in [0.3, 0.4) is 0 Å². The minimum absolute atomic E-state index is 0.219. The van der Waals surface area contributed by atoms with Crippen molar-refractivity contribution in [1.82, 2.24) is 0 Å². The van der Waals surface area contributed by atoms with Crippen LogP contribution in [0.2, 0.25) is 0 Å². The smallest absolute Gasteiger partial charge is 0.306 e. The maximum absolute atomic E-state index is 12.8. The Morgan fingerprint density at radius 1 is 0.517 bits per heavy atom. The fourth-order valence-corrected chi connectivity index (χ4v) is 7.24. The first-order valence-corrected chi connectivity index (χ1v) is 23.9. The number of aliphatic hydroxyl groups excluding tert-OH is 4. The van der Waals surface area contributed by atoms with Crippen molar-refractivity contribution in [2.24, 2.45) is 0 Å². The highest BCUT2D eigenvalue weighted by Crippen LogP contribution is 2.23. The molecule has 340 valence electrons. The first-order chi connectivity index (χ1) is 28.3. The van der Waals surface area contributed by atoms with Crippen LogP contribution in [0, 0.1) is 0 Å². The molecule has 0 aromatic heterocycles. The van der Waals surface area contributed by atoms with Gasteiger partial charge in [-0.05, 0) is 64.2 Å². The number of hydrogen-bond donors (Lipinski definition) is 4. The summed E-state index contributed by atoms with van der Waals surface area (Å²) in [5.74, 6) is -0.812. The zero-order valence-corrected chi connectivity index (χ0v) is 37.1. The maximum atomic E-state index is 12.8. The summed E-state index contributed by atoms with van der Waals surface area (Å²) in [6, 6.07) is 0. The first-order valence-electron chi connectivity index (χ1n) is 23.9. The number of aliphatic hydroxyl groups is 4. The van der Waals surface area contributed by atoms with Gasteiger partial charge in [-0.1, -0.05) is 160 Å².